The molecular formula is C24H25N3O6. The van der Waals surface area contributed by atoms with Gasteiger partial charge in [-0.3, -0.25) is 9.59 Å². The van der Waals surface area contributed by atoms with Crippen LogP contribution in [0.1, 0.15) is 36.5 Å². The van der Waals surface area contributed by atoms with E-state index in [1.165, 1.54) is 6.08 Å². The molecule has 0 saturated heterocycles. The van der Waals surface area contributed by atoms with Crippen molar-refractivity contribution in [3.63, 3.8) is 0 Å². The molecule has 0 bridgehead atoms. The topological polar surface area (TPSA) is 130 Å². The fourth-order valence-corrected chi connectivity index (χ4v) is 3.09. The van der Waals surface area contributed by atoms with E-state index < -0.39 is 17.8 Å². The largest absolute Gasteiger partial charge is 0.505 e. The Labute approximate surface area is 190 Å². The number of aliphatic hydroxyl groups excluding tert-OH is 1. The second-order valence-corrected chi connectivity index (χ2v) is 7.41. The minimum atomic E-state index is -0.805. The first kappa shape index (κ1) is 23.5. The number of furan rings is 1. The van der Waals surface area contributed by atoms with Crippen molar-refractivity contribution in [1.29, 1.82) is 0 Å². The number of nitrogens with one attached hydrogen (secondary N) is 2. The molecule has 0 unspecified atom stereocenters. The molecule has 3 rings (SSSR count). The Hall–Kier alpha value is -4.14. The van der Waals surface area contributed by atoms with Gasteiger partial charge in [0, 0.05) is 11.8 Å². The molecule has 2 heterocycles. The molecule has 33 heavy (non-hydrogen) atoms. The number of hydrogen-bond donors (Lipinski definition) is 3. The number of carbonyl (C=O) groups excluding carboxylic acids is 3. The number of benzene rings is 1. The van der Waals surface area contributed by atoms with Crippen LogP contribution in [0.5, 0.6) is 0 Å². The minimum Gasteiger partial charge on any atom is -0.505 e. The van der Waals surface area contributed by atoms with Crippen molar-refractivity contribution in [2.45, 2.75) is 34.2 Å². The maximum atomic E-state index is 12.1. The van der Waals surface area contributed by atoms with Gasteiger partial charge in [-0.2, -0.15) is 0 Å². The summed E-state index contributed by atoms with van der Waals surface area (Å²) < 4.78 is 10.5. The van der Waals surface area contributed by atoms with E-state index >= 15 is 0 Å². The molecule has 2 amide bonds. The second-order valence-electron chi connectivity index (χ2n) is 7.41. The Balaban J connectivity index is 1.61. The summed E-state index contributed by atoms with van der Waals surface area (Å²) in [5.41, 5.74) is 3.13. The highest BCUT2D eigenvalue weighted by molar-refractivity contribution is 6.39. The number of rotatable bonds is 6. The first-order valence-electron chi connectivity index (χ1n) is 10.3. The third-order valence-electron chi connectivity index (χ3n) is 4.96. The van der Waals surface area contributed by atoms with Crippen molar-refractivity contribution in [1.82, 2.24) is 5.32 Å². The Bertz CT molecular complexity index is 1200. The fourth-order valence-electron chi connectivity index (χ4n) is 3.09. The summed E-state index contributed by atoms with van der Waals surface area (Å²) >= 11 is 0. The molecule has 0 atom stereocenters. The number of nitrogens with zero attached hydrogens (tertiary/aromatic N) is 1. The van der Waals surface area contributed by atoms with Gasteiger partial charge < -0.3 is 24.9 Å². The summed E-state index contributed by atoms with van der Waals surface area (Å²) in [7, 11) is 0. The fraction of sp³-hybridized carbons (Fsp3) is 0.250. The van der Waals surface area contributed by atoms with E-state index in [-0.39, 0.29) is 30.2 Å². The SMILES string of the molecule is CCOC(=O)C1=C(O)/C(=C\c2ccc(CNC(=O)C(=O)Nc3ccc(C)c(C)c3)o2)N=C1C. The zero-order valence-corrected chi connectivity index (χ0v) is 18.8. The quantitative estimate of drug-likeness (QED) is 0.456. The van der Waals surface area contributed by atoms with E-state index in [2.05, 4.69) is 15.6 Å². The number of anilines is 1. The predicted molar refractivity (Wildman–Crippen MR) is 122 cm³/mol. The Kier molecular flexibility index (Phi) is 7.12. The lowest BCUT2D eigenvalue weighted by atomic mass is 10.1. The van der Waals surface area contributed by atoms with Crippen LogP contribution in [0.3, 0.4) is 0 Å². The minimum absolute atomic E-state index is 0.0110. The zero-order chi connectivity index (χ0) is 24.1. The molecule has 172 valence electrons. The van der Waals surface area contributed by atoms with Gasteiger partial charge in [-0.25, -0.2) is 9.79 Å². The van der Waals surface area contributed by atoms with Gasteiger partial charge in [0.1, 0.15) is 22.8 Å². The van der Waals surface area contributed by atoms with E-state index in [0.717, 1.165) is 11.1 Å². The maximum Gasteiger partial charge on any atom is 0.343 e. The van der Waals surface area contributed by atoms with Gasteiger partial charge in [-0.1, -0.05) is 6.07 Å². The normalized spacial score (nSPS) is 14.3. The summed E-state index contributed by atoms with van der Waals surface area (Å²) in [6.07, 6.45) is 1.46. The van der Waals surface area contributed by atoms with Gasteiger partial charge in [0.05, 0.1) is 18.9 Å². The number of aliphatic hydroxyl groups is 1. The van der Waals surface area contributed by atoms with Gasteiger partial charge in [0.15, 0.2) is 5.76 Å². The standard InChI is InChI=1S/C24H25N3O6/c1-5-32-24(31)20-15(4)26-19(21(20)28)11-17-8-9-18(33-17)12-25-22(29)23(30)27-16-7-6-13(2)14(3)10-16/h6-11,28H,5,12H2,1-4H3,(H,25,29)(H,27,30)/b19-11+. The molecule has 0 saturated carbocycles. The summed E-state index contributed by atoms with van der Waals surface area (Å²) in [5, 5.41) is 15.4. The molecular weight excluding hydrogens is 426 g/mol. The molecule has 0 radical (unpaired) electrons. The van der Waals surface area contributed by atoms with Gasteiger partial charge in [-0.15, -0.1) is 0 Å². The lowest BCUT2D eigenvalue weighted by Crippen LogP contribution is -2.34. The van der Waals surface area contributed by atoms with Crippen molar-refractivity contribution >= 4 is 35.3 Å². The number of aryl methyl sites for hydroxylation is 2. The van der Waals surface area contributed by atoms with Crippen molar-refractivity contribution < 1.29 is 28.6 Å². The molecule has 1 aromatic heterocycles. The first-order chi connectivity index (χ1) is 15.7. The van der Waals surface area contributed by atoms with Crippen molar-refractivity contribution in [2.24, 2.45) is 4.99 Å². The Morgan fingerprint density at radius 1 is 1.09 bits per heavy atom. The molecule has 1 aliphatic heterocycles. The lowest BCUT2D eigenvalue weighted by molar-refractivity contribution is -0.138. The van der Waals surface area contributed by atoms with Crippen molar-refractivity contribution in [3.8, 4) is 0 Å². The highest BCUT2D eigenvalue weighted by Gasteiger charge is 2.27. The summed E-state index contributed by atoms with van der Waals surface area (Å²) in [5.74, 6) is -1.80. The lowest BCUT2D eigenvalue weighted by Gasteiger charge is -2.07. The summed E-state index contributed by atoms with van der Waals surface area (Å²) in [4.78, 5) is 40.4. The zero-order valence-electron chi connectivity index (χ0n) is 18.8. The number of esters is 1. The molecule has 1 aliphatic rings. The van der Waals surface area contributed by atoms with E-state index in [0.29, 0.717) is 22.9 Å². The van der Waals surface area contributed by atoms with Crippen LogP contribution in [0.15, 0.2) is 56.8 Å². The number of carbonyl (C=O) groups is 3. The maximum absolute atomic E-state index is 12.1. The highest BCUT2D eigenvalue weighted by atomic mass is 16.5. The average Bonchev–Trinajstić information content (AvgIpc) is 3.32. The molecule has 9 nitrogen and oxygen atoms in total. The third-order valence-corrected chi connectivity index (χ3v) is 4.96. The molecule has 0 fully saturated rings. The van der Waals surface area contributed by atoms with Crippen molar-refractivity contribution in [2.75, 3.05) is 11.9 Å². The molecule has 9 heteroatoms. The Morgan fingerprint density at radius 3 is 2.55 bits per heavy atom. The van der Waals surface area contributed by atoms with Gasteiger partial charge in [0.2, 0.25) is 0 Å². The summed E-state index contributed by atoms with van der Waals surface area (Å²) in [6.45, 7) is 7.30. The van der Waals surface area contributed by atoms with Crippen LogP contribution < -0.4 is 10.6 Å². The van der Waals surface area contributed by atoms with Crippen LogP contribution in [0.2, 0.25) is 0 Å². The van der Waals surface area contributed by atoms with E-state index in [1.807, 2.05) is 19.9 Å². The number of amides is 2. The summed E-state index contributed by atoms with van der Waals surface area (Å²) in [6, 6.07) is 8.61. The van der Waals surface area contributed by atoms with E-state index in [4.69, 9.17) is 9.15 Å². The van der Waals surface area contributed by atoms with Gasteiger partial charge >= 0.3 is 17.8 Å². The molecule has 3 N–H and O–H groups in total. The molecule has 0 spiro atoms. The number of aliphatic imine (C=N–C) groups is 1. The van der Waals surface area contributed by atoms with Gasteiger partial charge in [-0.05, 0) is 63.1 Å². The third kappa shape index (κ3) is 5.57. The number of hydrogen-bond acceptors (Lipinski definition) is 7. The van der Waals surface area contributed by atoms with Crippen LogP contribution in [0, 0.1) is 13.8 Å². The first-order valence-corrected chi connectivity index (χ1v) is 10.3. The van der Waals surface area contributed by atoms with E-state index in [1.54, 1.807) is 38.1 Å². The van der Waals surface area contributed by atoms with Crippen molar-refractivity contribution in [3.05, 3.63) is 70.0 Å². The van der Waals surface area contributed by atoms with Crippen LogP contribution in [0.25, 0.3) is 6.08 Å². The van der Waals surface area contributed by atoms with Crippen LogP contribution >= 0.6 is 0 Å². The smallest absolute Gasteiger partial charge is 0.343 e. The van der Waals surface area contributed by atoms with Crippen LogP contribution in [-0.2, 0) is 25.7 Å². The van der Waals surface area contributed by atoms with E-state index in [9.17, 15) is 19.5 Å². The average molecular weight is 451 g/mol. The highest BCUT2D eigenvalue weighted by Crippen LogP contribution is 2.27. The molecule has 1 aromatic carbocycles. The molecule has 0 aliphatic carbocycles. The van der Waals surface area contributed by atoms with Gasteiger partial charge in [0.25, 0.3) is 0 Å². The predicted octanol–water partition coefficient (Wildman–Crippen LogP) is 3.34. The van der Waals surface area contributed by atoms with Crippen LogP contribution in [0.4, 0.5) is 5.69 Å². The second kappa shape index (κ2) is 9.99. The van der Waals surface area contributed by atoms with Crippen LogP contribution in [-0.4, -0.2) is 35.2 Å². The molecule has 2 aromatic rings. The Morgan fingerprint density at radius 2 is 1.85 bits per heavy atom. The number of ether oxygens (including phenoxy) is 1. The monoisotopic (exact) mass is 451 g/mol.